The van der Waals surface area contributed by atoms with E-state index in [1.54, 1.807) is 24.3 Å². The monoisotopic (exact) mass is 387 g/mol. The molecule has 1 aliphatic heterocycles. The number of hydrogen-bond acceptors (Lipinski definition) is 4. The van der Waals surface area contributed by atoms with Crippen LogP contribution in [0.15, 0.2) is 47.4 Å². The second-order valence-electron chi connectivity index (χ2n) is 5.87. The molecule has 1 aliphatic rings. The first-order chi connectivity index (χ1) is 12.5. The highest BCUT2D eigenvalue weighted by atomic mass is 35.5. The third-order valence-electron chi connectivity index (χ3n) is 3.89. The number of halogens is 1. The number of benzene rings is 2. The summed E-state index contributed by atoms with van der Waals surface area (Å²) in [5, 5.41) is 0.264. The van der Waals surface area contributed by atoms with E-state index >= 15 is 0 Å². The Bertz CT molecular complexity index is 877. The van der Waals surface area contributed by atoms with E-state index in [-0.39, 0.29) is 17.7 Å². The summed E-state index contributed by atoms with van der Waals surface area (Å²) < 4.78 is 5.58. The van der Waals surface area contributed by atoms with Crippen LogP contribution in [-0.4, -0.2) is 22.7 Å². The molecule has 1 saturated heterocycles. The van der Waals surface area contributed by atoms with Gasteiger partial charge in [-0.1, -0.05) is 41.4 Å². The lowest BCUT2D eigenvalue weighted by atomic mass is 10.1. The molecule has 3 rings (SSSR count). The average Bonchev–Trinajstić information content (AvgIpc) is 2.87. The summed E-state index contributed by atoms with van der Waals surface area (Å²) in [7, 11) is 0. The van der Waals surface area contributed by atoms with Crippen LogP contribution >= 0.6 is 23.4 Å². The van der Waals surface area contributed by atoms with Gasteiger partial charge in [-0.25, -0.2) is 0 Å². The number of rotatable bonds is 5. The number of aryl methyl sites for hydroxylation is 1. The van der Waals surface area contributed by atoms with E-state index in [0.29, 0.717) is 27.8 Å². The predicted molar refractivity (Wildman–Crippen MR) is 105 cm³/mol. The molecule has 0 saturated carbocycles. The second kappa shape index (κ2) is 7.98. The molecule has 4 nitrogen and oxygen atoms in total. The van der Waals surface area contributed by atoms with Crippen LogP contribution in [0.4, 0.5) is 4.79 Å². The van der Waals surface area contributed by atoms with Gasteiger partial charge >= 0.3 is 0 Å². The van der Waals surface area contributed by atoms with Gasteiger partial charge in [0.15, 0.2) is 0 Å². The fourth-order valence-corrected chi connectivity index (χ4v) is 3.58. The van der Waals surface area contributed by atoms with Gasteiger partial charge in [0.25, 0.3) is 11.1 Å². The van der Waals surface area contributed by atoms with E-state index in [0.717, 1.165) is 22.9 Å². The molecule has 1 heterocycles. The highest BCUT2D eigenvalue weighted by Crippen LogP contribution is 2.35. The van der Waals surface area contributed by atoms with Crippen molar-refractivity contribution >= 4 is 40.6 Å². The van der Waals surface area contributed by atoms with Crippen molar-refractivity contribution in [2.45, 2.75) is 20.4 Å². The zero-order valence-electron chi connectivity index (χ0n) is 14.5. The van der Waals surface area contributed by atoms with Crippen LogP contribution in [0.25, 0.3) is 6.08 Å². The van der Waals surface area contributed by atoms with Gasteiger partial charge < -0.3 is 4.74 Å². The Morgan fingerprint density at radius 3 is 2.58 bits per heavy atom. The molecule has 0 spiro atoms. The molecule has 2 aromatic rings. The molecule has 0 atom stereocenters. The molecule has 26 heavy (non-hydrogen) atoms. The topological polar surface area (TPSA) is 46.6 Å². The molecule has 0 radical (unpaired) electrons. The van der Waals surface area contributed by atoms with Crippen molar-refractivity contribution in [3.05, 3.63) is 69.1 Å². The minimum atomic E-state index is -0.303. The quantitative estimate of drug-likeness (QED) is 0.654. The smallest absolute Gasteiger partial charge is 0.293 e. The lowest BCUT2D eigenvalue weighted by molar-refractivity contribution is -0.123. The van der Waals surface area contributed by atoms with E-state index < -0.39 is 0 Å². The van der Waals surface area contributed by atoms with Crippen LogP contribution < -0.4 is 4.74 Å². The maximum Gasteiger partial charge on any atom is 0.293 e. The molecule has 134 valence electrons. The number of nitrogens with zero attached hydrogens (tertiary/aromatic N) is 1. The van der Waals surface area contributed by atoms with Gasteiger partial charge in [-0.2, -0.15) is 0 Å². The minimum Gasteiger partial charge on any atom is -0.493 e. The Labute approximate surface area is 161 Å². The normalized spacial score (nSPS) is 15.8. The zero-order chi connectivity index (χ0) is 18.7. The molecule has 1 fully saturated rings. The Morgan fingerprint density at radius 2 is 1.88 bits per heavy atom. The van der Waals surface area contributed by atoms with Crippen molar-refractivity contribution in [3.8, 4) is 5.75 Å². The summed E-state index contributed by atoms with van der Waals surface area (Å²) in [6, 6.07) is 13.0. The number of carbonyl (C=O) groups is 2. The highest BCUT2D eigenvalue weighted by molar-refractivity contribution is 8.18. The average molecular weight is 388 g/mol. The minimum absolute atomic E-state index is 0.260. The molecular formula is C20H18ClNO3S. The Kier molecular flexibility index (Phi) is 5.69. The van der Waals surface area contributed by atoms with Crippen LogP contribution in [0.3, 0.4) is 0 Å². The number of imide groups is 1. The number of thioether (sulfide) groups is 1. The molecule has 2 amide bonds. The molecule has 0 N–H and O–H groups in total. The van der Waals surface area contributed by atoms with Gasteiger partial charge in [0.05, 0.1) is 18.1 Å². The van der Waals surface area contributed by atoms with Crippen molar-refractivity contribution in [1.82, 2.24) is 4.90 Å². The van der Waals surface area contributed by atoms with Gasteiger partial charge in [-0.15, -0.1) is 0 Å². The number of amides is 2. The first kappa shape index (κ1) is 18.5. The molecule has 0 aliphatic carbocycles. The van der Waals surface area contributed by atoms with E-state index in [1.807, 2.05) is 38.1 Å². The number of hydrogen-bond donors (Lipinski definition) is 0. The van der Waals surface area contributed by atoms with E-state index in [9.17, 15) is 9.59 Å². The molecule has 0 unspecified atom stereocenters. The van der Waals surface area contributed by atoms with E-state index in [2.05, 4.69) is 0 Å². The van der Waals surface area contributed by atoms with Gasteiger partial charge in [-0.3, -0.25) is 14.5 Å². The largest absolute Gasteiger partial charge is 0.493 e. The fraction of sp³-hybridized carbons (Fsp3) is 0.200. The van der Waals surface area contributed by atoms with Gasteiger partial charge in [-0.05, 0) is 55.4 Å². The summed E-state index contributed by atoms with van der Waals surface area (Å²) >= 11 is 6.99. The van der Waals surface area contributed by atoms with Crippen LogP contribution in [0.5, 0.6) is 5.75 Å². The van der Waals surface area contributed by atoms with Crippen molar-refractivity contribution < 1.29 is 14.3 Å². The zero-order valence-corrected chi connectivity index (χ0v) is 16.1. The molecule has 0 aromatic heterocycles. The first-order valence-corrected chi connectivity index (χ1v) is 9.40. The molecule has 0 bridgehead atoms. The van der Waals surface area contributed by atoms with Crippen molar-refractivity contribution in [3.63, 3.8) is 0 Å². The summed E-state index contributed by atoms with van der Waals surface area (Å²) in [6.07, 6.45) is 1.66. The van der Waals surface area contributed by atoms with Crippen LogP contribution in [-0.2, 0) is 11.3 Å². The van der Waals surface area contributed by atoms with Gasteiger partial charge in [0, 0.05) is 10.6 Å². The fourth-order valence-electron chi connectivity index (χ4n) is 2.57. The summed E-state index contributed by atoms with van der Waals surface area (Å²) in [6.45, 7) is 4.63. The molecule has 6 heteroatoms. The second-order valence-corrected chi connectivity index (χ2v) is 7.30. The van der Waals surface area contributed by atoms with Gasteiger partial charge in [0.2, 0.25) is 0 Å². The van der Waals surface area contributed by atoms with Gasteiger partial charge in [0.1, 0.15) is 5.75 Å². The highest BCUT2D eigenvalue weighted by Gasteiger charge is 2.35. The van der Waals surface area contributed by atoms with E-state index in [4.69, 9.17) is 16.3 Å². The third kappa shape index (κ3) is 4.11. The van der Waals surface area contributed by atoms with Crippen molar-refractivity contribution in [1.29, 1.82) is 0 Å². The van der Waals surface area contributed by atoms with Crippen LogP contribution in [0.2, 0.25) is 5.02 Å². The van der Waals surface area contributed by atoms with Crippen molar-refractivity contribution in [2.24, 2.45) is 0 Å². The number of ether oxygens (including phenoxy) is 1. The van der Waals surface area contributed by atoms with Crippen molar-refractivity contribution in [2.75, 3.05) is 6.61 Å². The molecule has 2 aromatic carbocycles. The molecular weight excluding hydrogens is 370 g/mol. The predicted octanol–water partition coefficient (Wildman–Crippen LogP) is 5.28. The Balaban J connectivity index is 1.85. The lowest BCUT2D eigenvalue weighted by Crippen LogP contribution is -2.27. The third-order valence-corrected chi connectivity index (χ3v) is 5.04. The summed E-state index contributed by atoms with van der Waals surface area (Å²) in [5.74, 6) is 0.324. The Morgan fingerprint density at radius 1 is 1.15 bits per heavy atom. The standard InChI is InChI=1S/C20H18ClNO3S/c1-3-25-17-9-8-16(21)10-15(17)11-18-19(23)22(20(24)26-18)12-14-6-4-13(2)5-7-14/h4-11H,3,12H2,1-2H3. The summed E-state index contributed by atoms with van der Waals surface area (Å²) in [4.78, 5) is 26.6. The Hall–Kier alpha value is -2.24. The SMILES string of the molecule is CCOc1ccc(Cl)cc1C=C1SC(=O)N(Cc2ccc(C)cc2)C1=O. The van der Waals surface area contributed by atoms with Crippen LogP contribution in [0, 0.1) is 6.92 Å². The number of carbonyl (C=O) groups excluding carboxylic acids is 2. The lowest BCUT2D eigenvalue weighted by Gasteiger charge is -2.12. The van der Waals surface area contributed by atoms with Crippen LogP contribution in [0.1, 0.15) is 23.6 Å². The van der Waals surface area contributed by atoms with E-state index in [1.165, 1.54) is 4.90 Å². The maximum atomic E-state index is 12.7. The maximum absolute atomic E-state index is 12.7. The summed E-state index contributed by atoms with van der Waals surface area (Å²) in [5.41, 5.74) is 2.73. The first-order valence-electron chi connectivity index (χ1n) is 8.21.